The molecule has 0 saturated carbocycles. The van der Waals surface area contributed by atoms with E-state index in [0.717, 1.165) is 5.56 Å². The Kier molecular flexibility index (Phi) is 6.42. The van der Waals surface area contributed by atoms with Crippen LogP contribution in [0.5, 0.6) is 5.75 Å². The Bertz CT molecular complexity index is 501. The summed E-state index contributed by atoms with van der Waals surface area (Å²) in [5, 5.41) is 2.69. The van der Waals surface area contributed by atoms with Crippen molar-refractivity contribution in [1.29, 1.82) is 0 Å². The maximum atomic E-state index is 12.1. The molecule has 0 spiro atoms. The van der Waals surface area contributed by atoms with Gasteiger partial charge in [-0.2, -0.15) is 0 Å². The van der Waals surface area contributed by atoms with Gasteiger partial charge >= 0.3 is 6.36 Å². The number of carbonyl (C=O) groups is 1. The maximum Gasteiger partial charge on any atom is 0.573 e. The molecule has 1 rings (SSSR count). The number of amides is 1. The van der Waals surface area contributed by atoms with Gasteiger partial charge in [-0.15, -0.1) is 19.8 Å². The molecule has 0 aliphatic rings. The van der Waals surface area contributed by atoms with Crippen LogP contribution in [0, 0.1) is 0 Å². The van der Waals surface area contributed by atoms with Crippen LogP contribution in [0.15, 0.2) is 36.9 Å². The molecule has 1 aromatic rings. The number of halogens is 3. The van der Waals surface area contributed by atoms with Crippen LogP contribution in [0.25, 0.3) is 0 Å². The third kappa shape index (κ3) is 6.17. The number of benzene rings is 1. The minimum atomic E-state index is -4.70. The monoisotopic (exact) mass is 316 g/mol. The molecule has 0 aliphatic heterocycles. The highest BCUT2D eigenvalue weighted by Gasteiger charge is 2.31. The zero-order valence-electron chi connectivity index (χ0n) is 12.5. The first-order valence-electron chi connectivity index (χ1n) is 6.66. The lowest BCUT2D eigenvalue weighted by molar-refractivity contribution is -0.274. The summed E-state index contributed by atoms with van der Waals surface area (Å²) < 4.78 is 40.0. The number of rotatable bonds is 7. The Balaban J connectivity index is 2.59. The molecule has 1 unspecified atom stereocenters. The molecule has 0 aromatic heterocycles. The van der Waals surface area contributed by atoms with E-state index in [2.05, 4.69) is 16.6 Å². The van der Waals surface area contributed by atoms with Crippen LogP contribution in [-0.4, -0.2) is 36.8 Å². The van der Waals surface area contributed by atoms with Crippen molar-refractivity contribution in [2.24, 2.45) is 0 Å². The van der Waals surface area contributed by atoms with Crippen molar-refractivity contribution in [1.82, 2.24) is 10.2 Å². The van der Waals surface area contributed by atoms with Crippen LogP contribution in [0.3, 0.4) is 0 Å². The maximum absolute atomic E-state index is 12.1. The van der Waals surface area contributed by atoms with Gasteiger partial charge in [-0.05, 0) is 31.7 Å². The molecule has 1 amide bonds. The van der Waals surface area contributed by atoms with Crippen LogP contribution >= 0.6 is 0 Å². The molecule has 0 radical (unpaired) electrons. The van der Waals surface area contributed by atoms with Crippen molar-refractivity contribution in [3.63, 3.8) is 0 Å². The van der Waals surface area contributed by atoms with Gasteiger partial charge in [-0.3, -0.25) is 9.69 Å². The van der Waals surface area contributed by atoms with Gasteiger partial charge in [-0.25, -0.2) is 0 Å². The SMILES string of the molecule is C=CCNC(=O)C(C)N(C)Cc1ccc(OC(F)(F)F)cc1. The summed E-state index contributed by atoms with van der Waals surface area (Å²) in [7, 11) is 1.76. The van der Waals surface area contributed by atoms with Gasteiger partial charge in [0.25, 0.3) is 0 Å². The lowest BCUT2D eigenvalue weighted by Crippen LogP contribution is -2.42. The summed E-state index contributed by atoms with van der Waals surface area (Å²) >= 11 is 0. The molecule has 0 saturated heterocycles. The van der Waals surface area contributed by atoms with Crippen molar-refractivity contribution in [3.05, 3.63) is 42.5 Å². The summed E-state index contributed by atoms with van der Waals surface area (Å²) in [6.45, 7) is 6.08. The number of nitrogens with zero attached hydrogens (tertiary/aromatic N) is 1. The molecule has 0 aliphatic carbocycles. The van der Waals surface area contributed by atoms with E-state index in [1.807, 2.05) is 0 Å². The quantitative estimate of drug-likeness (QED) is 0.787. The van der Waals surface area contributed by atoms with E-state index in [1.165, 1.54) is 24.3 Å². The molecule has 122 valence electrons. The highest BCUT2D eigenvalue weighted by molar-refractivity contribution is 5.81. The molecule has 4 nitrogen and oxygen atoms in total. The summed E-state index contributed by atoms with van der Waals surface area (Å²) in [6, 6.07) is 5.20. The first-order valence-corrected chi connectivity index (χ1v) is 6.66. The Labute approximate surface area is 127 Å². The second-order valence-electron chi connectivity index (χ2n) is 4.82. The smallest absolute Gasteiger partial charge is 0.406 e. The van der Waals surface area contributed by atoms with E-state index >= 15 is 0 Å². The number of hydrogen-bond donors (Lipinski definition) is 1. The van der Waals surface area contributed by atoms with Crippen molar-refractivity contribution in [2.75, 3.05) is 13.6 Å². The average Bonchev–Trinajstić information content (AvgIpc) is 2.44. The first kappa shape index (κ1) is 18.0. The second kappa shape index (κ2) is 7.84. The van der Waals surface area contributed by atoms with Gasteiger partial charge in [-0.1, -0.05) is 18.2 Å². The van der Waals surface area contributed by atoms with Gasteiger partial charge in [0.1, 0.15) is 5.75 Å². The number of likely N-dealkylation sites (N-methyl/N-ethyl adjacent to an activating group) is 1. The fourth-order valence-electron chi connectivity index (χ4n) is 1.74. The Morgan fingerprint density at radius 1 is 1.41 bits per heavy atom. The highest BCUT2D eigenvalue weighted by Crippen LogP contribution is 2.23. The third-order valence-corrected chi connectivity index (χ3v) is 3.05. The van der Waals surface area contributed by atoms with Crippen molar-refractivity contribution in [3.8, 4) is 5.75 Å². The number of carbonyl (C=O) groups excluding carboxylic acids is 1. The molecule has 7 heteroatoms. The van der Waals surface area contributed by atoms with Crippen molar-refractivity contribution < 1.29 is 22.7 Å². The van der Waals surface area contributed by atoms with E-state index in [-0.39, 0.29) is 17.7 Å². The van der Waals surface area contributed by atoms with E-state index in [4.69, 9.17) is 0 Å². The Morgan fingerprint density at radius 3 is 2.50 bits per heavy atom. The average molecular weight is 316 g/mol. The lowest BCUT2D eigenvalue weighted by atomic mass is 10.2. The summed E-state index contributed by atoms with van der Waals surface area (Å²) in [4.78, 5) is 13.6. The van der Waals surface area contributed by atoms with Crippen molar-refractivity contribution >= 4 is 5.91 Å². The number of nitrogens with one attached hydrogen (secondary N) is 1. The van der Waals surface area contributed by atoms with Gasteiger partial charge in [0.05, 0.1) is 6.04 Å². The molecule has 0 bridgehead atoms. The number of alkyl halides is 3. The predicted octanol–water partition coefficient (Wildman–Crippen LogP) is 2.71. The molecular formula is C15H19F3N2O2. The van der Waals surface area contributed by atoms with Gasteiger partial charge in [0.15, 0.2) is 0 Å². The molecule has 1 atom stereocenters. The summed E-state index contributed by atoms with van der Waals surface area (Å²) in [5.74, 6) is -0.407. The molecule has 1 N–H and O–H groups in total. The predicted molar refractivity (Wildman–Crippen MR) is 77.3 cm³/mol. The van der Waals surface area contributed by atoms with Gasteiger partial charge in [0.2, 0.25) is 5.91 Å². The molecule has 22 heavy (non-hydrogen) atoms. The zero-order chi connectivity index (χ0) is 16.8. The van der Waals surface area contributed by atoms with E-state index in [0.29, 0.717) is 13.1 Å². The largest absolute Gasteiger partial charge is 0.573 e. The fourth-order valence-corrected chi connectivity index (χ4v) is 1.74. The Morgan fingerprint density at radius 2 is 2.00 bits per heavy atom. The van der Waals surface area contributed by atoms with Crippen LogP contribution in [0.2, 0.25) is 0 Å². The topological polar surface area (TPSA) is 41.6 Å². The minimum absolute atomic E-state index is 0.139. The Hall–Kier alpha value is -2.02. The van der Waals surface area contributed by atoms with Crippen LogP contribution in [0.4, 0.5) is 13.2 Å². The highest BCUT2D eigenvalue weighted by atomic mass is 19.4. The van der Waals surface area contributed by atoms with Crippen LogP contribution in [0.1, 0.15) is 12.5 Å². The van der Waals surface area contributed by atoms with Gasteiger partial charge < -0.3 is 10.1 Å². The first-order chi connectivity index (χ1) is 10.2. The molecular weight excluding hydrogens is 297 g/mol. The van der Waals surface area contributed by atoms with E-state index in [9.17, 15) is 18.0 Å². The molecule has 0 heterocycles. The standard InChI is InChI=1S/C15H19F3N2O2/c1-4-9-19-14(21)11(2)20(3)10-12-5-7-13(8-6-12)22-15(16,17)18/h4-8,11H,1,9-10H2,2-3H3,(H,19,21). The number of hydrogen-bond acceptors (Lipinski definition) is 3. The second-order valence-corrected chi connectivity index (χ2v) is 4.82. The minimum Gasteiger partial charge on any atom is -0.406 e. The molecule has 0 fully saturated rings. The normalized spacial score (nSPS) is 12.8. The third-order valence-electron chi connectivity index (χ3n) is 3.05. The van der Waals surface area contributed by atoms with Crippen LogP contribution < -0.4 is 10.1 Å². The summed E-state index contributed by atoms with van der Waals surface area (Å²) in [5.41, 5.74) is 0.778. The van der Waals surface area contributed by atoms with E-state index in [1.54, 1.807) is 24.9 Å². The van der Waals surface area contributed by atoms with E-state index < -0.39 is 6.36 Å². The van der Waals surface area contributed by atoms with Crippen molar-refractivity contribution in [2.45, 2.75) is 25.9 Å². The number of ether oxygens (including phenoxy) is 1. The zero-order valence-corrected chi connectivity index (χ0v) is 12.5. The summed E-state index contributed by atoms with van der Waals surface area (Å²) in [6.07, 6.45) is -3.11. The fraction of sp³-hybridized carbons (Fsp3) is 0.400. The lowest BCUT2D eigenvalue weighted by Gasteiger charge is -2.23. The van der Waals surface area contributed by atoms with Crippen LogP contribution in [-0.2, 0) is 11.3 Å². The molecule has 1 aromatic carbocycles. The van der Waals surface area contributed by atoms with Gasteiger partial charge in [0, 0.05) is 13.1 Å².